The molecule has 0 amide bonds. The fourth-order valence-electron chi connectivity index (χ4n) is 0.446. The van der Waals surface area contributed by atoms with E-state index in [0.29, 0.717) is 0 Å². The third-order valence-electron chi connectivity index (χ3n) is 0.863. The van der Waals surface area contributed by atoms with Gasteiger partial charge in [0.2, 0.25) is 0 Å². The summed E-state index contributed by atoms with van der Waals surface area (Å²) in [6, 6.07) is 2.90. The van der Waals surface area contributed by atoms with Crippen LogP contribution in [0.2, 0.25) is 0 Å². The Morgan fingerprint density at radius 3 is 2.70 bits per heavy atom. The molecule has 0 unspecified atom stereocenters. The number of carboxylic acids is 1. The Kier molecular flexibility index (Phi) is 4.40. The molecule has 0 saturated heterocycles. The molecule has 4 heteroatoms. The van der Waals surface area contributed by atoms with Gasteiger partial charge in [0.25, 0.3) is 0 Å². The number of aromatic carboxylic acids is 1. The summed E-state index contributed by atoms with van der Waals surface area (Å²) in [5.41, 5.74) is 0.189. The van der Waals surface area contributed by atoms with Gasteiger partial charge in [0, 0.05) is 0 Å². The summed E-state index contributed by atoms with van der Waals surface area (Å²) < 4.78 is 0. The average molecular weight is 211 g/mol. The normalized spacial score (nSPS) is 8.00. The minimum absolute atomic E-state index is 0. The van der Waals surface area contributed by atoms with Crippen LogP contribution in [0.3, 0.4) is 0 Å². The van der Waals surface area contributed by atoms with Gasteiger partial charge in [0.1, 0.15) is 0 Å². The van der Waals surface area contributed by atoms with Crippen molar-refractivity contribution < 1.29 is 42.6 Å². The van der Waals surface area contributed by atoms with Crippen molar-refractivity contribution in [2.45, 2.75) is 0 Å². The summed E-state index contributed by atoms with van der Waals surface area (Å²) in [7, 11) is 0. The second kappa shape index (κ2) is 4.53. The van der Waals surface area contributed by atoms with Crippen molar-refractivity contribution in [1.29, 1.82) is 0 Å². The van der Waals surface area contributed by atoms with Crippen molar-refractivity contribution in [2.24, 2.45) is 0 Å². The molecule has 1 rings (SSSR count). The van der Waals surface area contributed by atoms with Crippen molar-refractivity contribution in [3.63, 3.8) is 0 Å². The van der Waals surface area contributed by atoms with Crippen LogP contribution in [0.1, 0.15) is 10.4 Å². The van der Waals surface area contributed by atoms with Crippen molar-refractivity contribution in [2.75, 3.05) is 0 Å². The van der Waals surface area contributed by atoms with Crippen LogP contribution in [-0.4, -0.2) is 16.1 Å². The van der Waals surface area contributed by atoms with Gasteiger partial charge < -0.3 is 10.1 Å². The van der Waals surface area contributed by atoms with Crippen LogP contribution >= 0.6 is 0 Å². The summed E-state index contributed by atoms with van der Waals surface area (Å²) in [6.45, 7) is 0. The monoisotopic (exact) mass is 211 g/mol. The predicted octanol–water partition coefficient (Wildman–Crippen LogP) is 0.577. The fourth-order valence-corrected chi connectivity index (χ4v) is 0.446. The Hall–Kier alpha value is -0.276. The van der Waals surface area contributed by atoms with Gasteiger partial charge >= 0.3 is 38.7 Å². The zero-order chi connectivity index (χ0) is 6.69. The molecule has 0 spiro atoms. The number of hydrogen-bond donors (Lipinski definition) is 1. The van der Waals surface area contributed by atoms with Crippen molar-refractivity contribution in [1.82, 2.24) is 4.98 Å². The molecule has 46 valence electrons. The topological polar surface area (TPSA) is 50.2 Å². The number of carbonyl (C=O) groups is 1. The molecule has 0 fully saturated rings. The van der Waals surface area contributed by atoms with E-state index in [1.165, 1.54) is 18.3 Å². The minimum atomic E-state index is -0.962. The molecule has 0 radical (unpaired) electrons. The molecule has 10 heavy (non-hydrogen) atoms. The van der Waals surface area contributed by atoms with E-state index in [9.17, 15) is 4.79 Å². The van der Waals surface area contributed by atoms with Gasteiger partial charge in [-0.25, -0.2) is 4.79 Å². The van der Waals surface area contributed by atoms with E-state index in [-0.39, 0.29) is 38.3 Å². The molecule has 3 nitrogen and oxygen atoms in total. The molecule has 0 atom stereocenters. The summed E-state index contributed by atoms with van der Waals surface area (Å²) in [5.74, 6) is -0.962. The van der Waals surface area contributed by atoms with Crippen LogP contribution in [0.25, 0.3) is 0 Å². The smallest absolute Gasteiger partial charge is 0.479 e. The van der Waals surface area contributed by atoms with E-state index < -0.39 is 5.97 Å². The Labute approximate surface area is 83.4 Å². The van der Waals surface area contributed by atoms with E-state index in [4.69, 9.17) is 5.11 Å². The Balaban J connectivity index is 0.000000810. The van der Waals surface area contributed by atoms with E-state index in [1.807, 2.05) is 0 Å². The SMILES string of the molecule is O=C(O)c1cc[c-]nc1.[Y+3]. The first kappa shape index (κ1) is 9.72. The third kappa shape index (κ3) is 2.54. The number of nitrogens with zero attached hydrogens (tertiary/aromatic N) is 1. The fraction of sp³-hybridized carbons (Fsp3) is 0. The summed E-state index contributed by atoms with van der Waals surface area (Å²) in [4.78, 5) is 13.6. The molecule has 0 aliphatic rings. The van der Waals surface area contributed by atoms with E-state index in [2.05, 4.69) is 11.2 Å². The number of pyridine rings is 1. The molecule has 0 saturated carbocycles. The first-order valence-electron chi connectivity index (χ1n) is 2.36. The van der Waals surface area contributed by atoms with Crippen LogP contribution < -0.4 is 0 Å². The molecule has 1 aromatic rings. The molecule has 0 aromatic carbocycles. The van der Waals surface area contributed by atoms with Gasteiger partial charge in [-0.05, 0) is 5.56 Å². The second-order valence-electron chi connectivity index (χ2n) is 1.48. The Bertz CT molecular complexity index is 212. The third-order valence-corrected chi connectivity index (χ3v) is 0.863. The molecule has 0 aliphatic heterocycles. The van der Waals surface area contributed by atoms with Crippen LogP contribution in [0, 0.1) is 6.20 Å². The molecule has 0 aliphatic carbocycles. The molecular weight excluding hydrogens is 207 g/mol. The largest absolute Gasteiger partial charge is 3.00 e. The molecular formula is C6H4NO2Y+2. The van der Waals surface area contributed by atoms with E-state index >= 15 is 0 Å². The van der Waals surface area contributed by atoms with Gasteiger partial charge in [-0.2, -0.15) is 12.1 Å². The maximum absolute atomic E-state index is 10.1. The molecule has 1 heterocycles. The van der Waals surface area contributed by atoms with Crippen molar-refractivity contribution >= 4 is 5.97 Å². The van der Waals surface area contributed by atoms with E-state index in [0.717, 1.165) is 0 Å². The molecule has 1 aromatic heterocycles. The average Bonchev–Trinajstić information content (AvgIpc) is 1.90. The number of carboxylic acid groups (broad SMARTS) is 1. The second-order valence-corrected chi connectivity index (χ2v) is 1.48. The van der Waals surface area contributed by atoms with Gasteiger partial charge in [0.05, 0.1) is 0 Å². The van der Waals surface area contributed by atoms with Gasteiger partial charge in [-0.15, -0.1) is 0 Å². The predicted molar refractivity (Wildman–Crippen MR) is 30.0 cm³/mol. The van der Waals surface area contributed by atoms with Crippen LogP contribution in [0.5, 0.6) is 0 Å². The Morgan fingerprint density at radius 2 is 2.40 bits per heavy atom. The summed E-state index contributed by atoms with van der Waals surface area (Å²) >= 11 is 0. The summed E-state index contributed by atoms with van der Waals surface area (Å²) in [5, 5.41) is 8.33. The number of hydrogen-bond acceptors (Lipinski definition) is 2. The number of aromatic nitrogens is 1. The standard InChI is InChI=1S/C6H4NO2.Y/c8-6(9)5-2-1-3-7-4-5;/h1-2,4H,(H,8,9);/q-1;+3. The van der Waals surface area contributed by atoms with Crippen LogP contribution in [0.15, 0.2) is 18.3 Å². The minimum Gasteiger partial charge on any atom is -0.479 e. The summed E-state index contributed by atoms with van der Waals surface area (Å²) in [6.07, 6.45) is 3.73. The zero-order valence-corrected chi connectivity index (χ0v) is 7.95. The maximum atomic E-state index is 10.1. The molecule has 1 N–H and O–H groups in total. The van der Waals surface area contributed by atoms with Crippen molar-refractivity contribution in [3.05, 3.63) is 30.1 Å². The zero-order valence-electron chi connectivity index (χ0n) is 5.11. The molecule has 0 bridgehead atoms. The first-order chi connectivity index (χ1) is 4.30. The number of rotatable bonds is 1. The van der Waals surface area contributed by atoms with Gasteiger partial charge in [-0.3, -0.25) is 0 Å². The van der Waals surface area contributed by atoms with Crippen LogP contribution in [0.4, 0.5) is 0 Å². The van der Waals surface area contributed by atoms with Gasteiger partial charge in [-0.1, -0.05) is 12.4 Å². The van der Waals surface area contributed by atoms with Crippen LogP contribution in [-0.2, 0) is 32.7 Å². The first-order valence-corrected chi connectivity index (χ1v) is 2.36. The maximum Gasteiger partial charge on any atom is 3.00 e. The Morgan fingerprint density at radius 1 is 1.70 bits per heavy atom. The van der Waals surface area contributed by atoms with Crippen molar-refractivity contribution in [3.8, 4) is 0 Å². The van der Waals surface area contributed by atoms with E-state index in [1.54, 1.807) is 0 Å². The quantitative estimate of drug-likeness (QED) is 0.691. The van der Waals surface area contributed by atoms with Gasteiger partial charge in [0.15, 0.2) is 0 Å².